The van der Waals surface area contributed by atoms with Crippen molar-refractivity contribution in [2.45, 2.75) is 70.4 Å². The number of aromatic nitrogens is 1. The molecular formula is C28H35F3N2O5S. The average Bonchev–Trinajstić information content (AvgIpc) is 2.86. The molecule has 1 fully saturated rings. The smallest absolute Gasteiger partial charge is 0.409 e. The van der Waals surface area contributed by atoms with Crippen molar-refractivity contribution in [2.75, 3.05) is 25.4 Å². The molecule has 0 radical (unpaired) electrons. The van der Waals surface area contributed by atoms with Crippen LogP contribution < -0.4 is 4.74 Å². The van der Waals surface area contributed by atoms with Crippen LogP contribution in [0, 0.1) is 5.41 Å². The Morgan fingerprint density at radius 2 is 1.82 bits per heavy atom. The fourth-order valence-corrected chi connectivity index (χ4v) is 6.14. The molecule has 0 unspecified atom stereocenters. The number of sulfone groups is 1. The third-order valence-electron chi connectivity index (χ3n) is 7.00. The highest BCUT2D eigenvalue weighted by molar-refractivity contribution is 7.90. The van der Waals surface area contributed by atoms with E-state index in [0.717, 1.165) is 42.6 Å². The molecule has 2 aliphatic heterocycles. The van der Waals surface area contributed by atoms with Gasteiger partial charge in [-0.15, -0.1) is 0 Å². The number of nitrogens with zero attached hydrogens (tertiary/aromatic N) is 2. The standard InChI is InChI=1S/C28H35F3N2O5S/c1-26(2,3)19-37-25(34)33-13-10-27(11-14-33)9-8-22-16-21(5-7-24(22)38-27)23-6-4-20(17-32-23)18-39(35,36)15-12-28(29,30)31/h4-7,16-17H,8-15,18-19H2,1-3H3. The van der Waals surface area contributed by atoms with E-state index in [9.17, 15) is 26.4 Å². The molecule has 3 heterocycles. The van der Waals surface area contributed by atoms with Crippen LogP contribution in [0.15, 0.2) is 36.5 Å². The summed E-state index contributed by atoms with van der Waals surface area (Å²) in [7, 11) is -3.89. The number of likely N-dealkylation sites (tertiary alicyclic amines) is 1. The molecule has 214 valence electrons. The highest BCUT2D eigenvalue weighted by Gasteiger charge is 2.41. The van der Waals surface area contributed by atoms with E-state index in [2.05, 4.69) is 4.98 Å². The minimum atomic E-state index is -4.51. The van der Waals surface area contributed by atoms with E-state index in [0.29, 0.717) is 31.0 Å². The number of hydrogen-bond donors (Lipinski definition) is 0. The highest BCUT2D eigenvalue weighted by atomic mass is 32.2. The van der Waals surface area contributed by atoms with Crippen molar-refractivity contribution in [3.8, 4) is 17.0 Å². The quantitative estimate of drug-likeness (QED) is 0.428. The predicted molar refractivity (Wildman–Crippen MR) is 141 cm³/mol. The summed E-state index contributed by atoms with van der Waals surface area (Å²) in [5.74, 6) is -0.618. The number of benzene rings is 1. The molecule has 0 bridgehead atoms. The number of fused-ring (bicyclic) bond motifs is 1. The van der Waals surface area contributed by atoms with E-state index >= 15 is 0 Å². The number of carbonyl (C=O) groups is 1. The number of amides is 1. The highest BCUT2D eigenvalue weighted by Crippen LogP contribution is 2.40. The summed E-state index contributed by atoms with van der Waals surface area (Å²) in [4.78, 5) is 18.5. The number of rotatable bonds is 6. The van der Waals surface area contributed by atoms with Crippen LogP contribution in [0.3, 0.4) is 0 Å². The van der Waals surface area contributed by atoms with Crippen molar-refractivity contribution >= 4 is 15.9 Å². The molecule has 1 amide bonds. The van der Waals surface area contributed by atoms with Gasteiger partial charge in [0.1, 0.15) is 11.4 Å². The van der Waals surface area contributed by atoms with Crippen LogP contribution in [0.25, 0.3) is 11.3 Å². The van der Waals surface area contributed by atoms with Crippen molar-refractivity contribution in [1.82, 2.24) is 9.88 Å². The first-order valence-corrected chi connectivity index (χ1v) is 14.9. The van der Waals surface area contributed by atoms with Gasteiger partial charge in [-0.2, -0.15) is 13.2 Å². The lowest BCUT2D eigenvalue weighted by Gasteiger charge is -2.44. The number of hydrogen-bond acceptors (Lipinski definition) is 6. The van der Waals surface area contributed by atoms with Gasteiger partial charge < -0.3 is 14.4 Å². The molecule has 4 rings (SSSR count). The van der Waals surface area contributed by atoms with Crippen LogP contribution in [0.2, 0.25) is 0 Å². The van der Waals surface area contributed by atoms with Gasteiger partial charge in [0.2, 0.25) is 0 Å². The molecule has 2 aliphatic rings. The number of halogens is 3. The Balaban J connectivity index is 1.35. The summed E-state index contributed by atoms with van der Waals surface area (Å²) in [5, 5.41) is 0. The topological polar surface area (TPSA) is 85.8 Å². The Hall–Kier alpha value is -2.82. The van der Waals surface area contributed by atoms with E-state index in [4.69, 9.17) is 9.47 Å². The SMILES string of the molecule is CC(C)(C)COC(=O)N1CCC2(CCc3cc(-c4ccc(CS(=O)(=O)CCC(F)(F)F)cn4)ccc3O2)CC1. The average molecular weight is 569 g/mol. The van der Waals surface area contributed by atoms with Crippen molar-refractivity contribution in [3.05, 3.63) is 47.7 Å². The third-order valence-corrected chi connectivity index (χ3v) is 8.60. The van der Waals surface area contributed by atoms with Gasteiger partial charge in [0.05, 0.1) is 30.2 Å². The van der Waals surface area contributed by atoms with Crippen LogP contribution in [0.1, 0.15) is 57.6 Å². The van der Waals surface area contributed by atoms with E-state index in [1.807, 2.05) is 39.0 Å². The van der Waals surface area contributed by atoms with Crippen LogP contribution in [0.5, 0.6) is 5.75 Å². The van der Waals surface area contributed by atoms with Crippen LogP contribution in [-0.2, 0) is 26.7 Å². The second-order valence-corrected chi connectivity index (χ2v) is 13.9. The zero-order valence-corrected chi connectivity index (χ0v) is 23.3. The van der Waals surface area contributed by atoms with E-state index in [-0.39, 0.29) is 17.1 Å². The molecule has 0 aliphatic carbocycles. The van der Waals surface area contributed by atoms with Crippen molar-refractivity contribution in [1.29, 1.82) is 0 Å². The Morgan fingerprint density at radius 3 is 2.44 bits per heavy atom. The first-order chi connectivity index (χ1) is 18.1. The molecule has 39 heavy (non-hydrogen) atoms. The molecule has 0 N–H and O–H groups in total. The monoisotopic (exact) mass is 568 g/mol. The number of pyridine rings is 1. The summed E-state index contributed by atoms with van der Waals surface area (Å²) in [6.45, 7) is 7.60. The minimum Gasteiger partial charge on any atom is -0.487 e. The molecule has 1 spiro atoms. The summed E-state index contributed by atoms with van der Waals surface area (Å²) in [6.07, 6.45) is -1.65. The lowest BCUT2D eigenvalue weighted by atomic mass is 9.83. The zero-order valence-electron chi connectivity index (χ0n) is 22.5. The second kappa shape index (κ2) is 11.0. The molecule has 2 aromatic rings. The first kappa shape index (κ1) is 29.2. The molecule has 0 saturated carbocycles. The largest absolute Gasteiger partial charge is 0.487 e. The second-order valence-electron chi connectivity index (χ2n) is 11.7. The predicted octanol–water partition coefficient (Wildman–Crippen LogP) is 5.96. The number of aryl methyl sites for hydroxylation is 1. The van der Waals surface area contributed by atoms with Crippen LogP contribution in [0.4, 0.5) is 18.0 Å². The summed E-state index contributed by atoms with van der Waals surface area (Å²) in [6, 6.07) is 9.06. The molecule has 11 heteroatoms. The molecule has 7 nitrogen and oxygen atoms in total. The molecular weight excluding hydrogens is 533 g/mol. The number of ether oxygens (including phenoxy) is 2. The molecule has 1 saturated heterocycles. The Bertz CT molecular complexity index is 1280. The van der Waals surface area contributed by atoms with E-state index < -0.39 is 33.9 Å². The summed E-state index contributed by atoms with van der Waals surface area (Å²) in [5.41, 5.74) is 2.48. The van der Waals surface area contributed by atoms with Gasteiger partial charge in [-0.05, 0) is 53.6 Å². The van der Waals surface area contributed by atoms with Crippen LogP contribution in [-0.4, -0.2) is 61.6 Å². The van der Waals surface area contributed by atoms with E-state index in [1.54, 1.807) is 17.0 Å². The lowest BCUT2D eigenvalue weighted by Crippen LogP contribution is -2.51. The van der Waals surface area contributed by atoms with Gasteiger partial charge >= 0.3 is 12.3 Å². The Labute approximate surface area is 227 Å². The van der Waals surface area contributed by atoms with Crippen molar-refractivity contribution in [2.24, 2.45) is 5.41 Å². The van der Waals surface area contributed by atoms with Gasteiger partial charge in [0.25, 0.3) is 0 Å². The minimum absolute atomic E-state index is 0.0838. The van der Waals surface area contributed by atoms with Gasteiger partial charge in [0.15, 0.2) is 9.84 Å². The Kier molecular flexibility index (Phi) is 8.21. The third kappa shape index (κ3) is 8.09. The molecule has 1 aromatic carbocycles. The fourth-order valence-electron chi connectivity index (χ4n) is 4.78. The normalized spacial score (nSPS) is 17.4. The Morgan fingerprint density at radius 1 is 1.10 bits per heavy atom. The maximum Gasteiger partial charge on any atom is 0.409 e. The maximum absolute atomic E-state index is 12.4. The van der Waals surface area contributed by atoms with Gasteiger partial charge in [0, 0.05) is 37.7 Å². The van der Waals surface area contributed by atoms with Gasteiger partial charge in [-0.3, -0.25) is 4.98 Å². The van der Waals surface area contributed by atoms with Crippen molar-refractivity contribution in [3.63, 3.8) is 0 Å². The fraction of sp³-hybridized carbons (Fsp3) is 0.571. The number of piperidine rings is 1. The number of carbonyl (C=O) groups excluding carboxylic acids is 1. The zero-order chi connectivity index (χ0) is 28.5. The van der Waals surface area contributed by atoms with Gasteiger partial charge in [-0.1, -0.05) is 26.8 Å². The first-order valence-electron chi connectivity index (χ1n) is 13.1. The summed E-state index contributed by atoms with van der Waals surface area (Å²) < 4.78 is 73.2. The van der Waals surface area contributed by atoms with Crippen molar-refractivity contribution < 1.29 is 35.9 Å². The lowest BCUT2D eigenvalue weighted by molar-refractivity contribution is -0.129. The van der Waals surface area contributed by atoms with Crippen LogP contribution >= 0.6 is 0 Å². The summed E-state index contributed by atoms with van der Waals surface area (Å²) >= 11 is 0. The van der Waals surface area contributed by atoms with E-state index in [1.165, 1.54) is 6.20 Å². The molecule has 1 aromatic heterocycles. The van der Waals surface area contributed by atoms with Gasteiger partial charge in [-0.25, -0.2) is 13.2 Å². The molecule has 0 atom stereocenters. The number of alkyl halides is 3. The maximum atomic E-state index is 12.4.